The van der Waals surface area contributed by atoms with Crippen LogP contribution in [0.1, 0.15) is 16.7 Å². The molecule has 0 bridgehead atoms. The van der Waals surface area contributed by atoms with Gasteiger partial charge in [0.2, 0.25) is 0 Å². The molecule has 0 amide bonds. The zero-order valence-corrected chi connectivity index (χ0v) is 36.5. The molecule has 0 spiro atoms. The second kappa shape index (κ2) is 13.9. The largest absolute Gasteiger partial charge is 0.310 e. The van der Waals surface area contributed by atoms with Gasteiger partial charge >= 0.3 is 0 Å². The van der Waals surface area contributed by atoms with E-state index in [9.17, 15) is 0 Å². The summed E-state index contributed by atoms with van der Waals surface area (Å²) in [4.78, 5) is 2.45. The summed E-state index contributed by atoms with van der Waals surface area (Å²) in [5.41, 5.74) is 10.8. The molecule has 67 heavy (non-hydrogen) atoms. The van der Waals surface area contributed by atoms with Crippen molar-refractivity contribution in [3.63, 3.8) is 0 Å². The maximum Gasteiger partial charge on any atom is 0.0474 e. The number of hydrogen-bond acceptors (Lipinski definition) is 1. The van der Waals surface area contributed by atoms with Crippen LogP contribution >= 0.6 is 0 Å². The number of nitrogens with zero attached hydrogens (tertiary/aromatic N) is 1. The average Bonchev–Trinajstić information content (AvgIpc) is 3.38. The van der Waals surface area contributed by atoms with Gasteiger partial charge < -0.3 is 4.90 Å². The lowest BCUT2D eigenvalue weighted by Crippen LogP contribution is -2.26. The van der Waals surface area contributed by atoms with Gasteiger partial charge in [-0.05, 0) is 203 Å². The van der Waals surface area contributed by atoms with Crippen molar-refractivity contribution >= 4 is 114 Å². The normalized spacial score (nSPS) is 14.8. The Morgan fingerprint density at radius 3 is 0.806 bits per heavy atom. The molecule has 0 N–H and O–H groups in total. The van der Waals surface area contributed by atoms with Crippen molar-refractivity contribution in [3.05, 3.63) is 270 Å². The van der Waals surface area contributed by atoms with E-state index >= 15 is 0 Å². The summed E-state index contributed by atoms with van der Waals surface area (Å²) in [6.07, 6.45) is 14.4. The zero-order chi connectivity index (χ0) is 43.7. The van der Waals surface area contributed by atoms with Crippen LogP contribution in [0.25, 0.3) is 114 Å². The van der Waals surface area contributed by atoms with E-state index in [4.69, 9.17) is 0 Å². The smallest absolute Gasteiger partial charge is 0.0474 e. The summed E-state index contributed by atoms with van der Waals surface area (Å²) in [6.45, 7) is 0. The monoisotopic (exact) mass is 845 g/mol. The van der Waals surface area contributed by atoms with E-state index < -0.39 is 0 Å². The molecule has 12 aromatic rings. The van der Waals surface area contributed by atoms with Crippen LogP contribution in [-0.4, -0.2) is 4.90 Å². The summed E-state index contributed by atoms with van der Waals surface area (Å²) in [5, 5.41) is 22.8. The van der Waals surface area contributed by atoms with Crippen molar-refractivity contribution in [2.75, 3.05) is 0 Å². The Morgan fingerprint density at radius 1 is 0.194 bits per heavy atom. The standard InChI is InChI=1S/C66H39N/c1-4-13-43-37-64-46(28-40(43)10-1)22-25-61-55(16-7-19-58(61)64)49-31-52-33-50(56-17-8-20-59-62(56)26-23-47-29-41-11-2-5-14-44(41)38-65(47)59)35-54-36-51(34-53(32-49)67(52)54)57-18-9-21-60-63(57)27-24-48-30-42-12-3-6-15-45(42)39-66(48)60/h1-39H. The van der Waals surface area contributed by atoms with Gasteiger partial charge in [0.25, 0.3) is 0 Å². The molecule has 0 saturated heterocycles. The van der Waals surface area contributed by atoms with E-state index in [1.54, 1.807) is 0 Å². The third kappa shape index (κ3) is 5.56. The van der Waals surface area contributed by atoms with Crippen LogP contribution < -0.4 is 0 Å². The number of hydrogen-bond donors (Lipinski definition) is 0. The predicted molar refractivity (Wildman–Crippen MR) is 287 cm³/mol. The number of allylic oxidation sites excluding steroid dienone is 9. The summed E-state index contributed by atoms with van der Waals surface area (Å²) in [7, 11) is 0. The molecule has 0 aromatic heterocycles. The molecule has 1 nitrogen and oxygen atoms in total. The predicted octanol–water partition coefficient (Wildman–Crippen LogP) is 17.6. The number of benzene rings is 12. The van der Waals surface area contributed by atoms with E-state index in [0.717, 1.165) is 17.1 Å². The lowest BCUT2D eigenvalue weighted by atomic mass is 9.86. The lowest BCUT2D eigenvalue weighted by Gasteiger charge is -2.37. The second-order valence-electron chi connectivity index (χ2n) is 18.5. The van der Waals surface area contributed by atoms with Crippen molar-refractivity contribution in [1.82, 2.24) is 4.90 Å². The van der Waals surface area contributed by atoms with Gasteiger partial charge in [-0.25, -0.2) is 0 Å². The van der Waals surface area contributed by atoms with E-state index in [2.05, 4.69) is 242 Å². The molecule has 0 radical (unpaired) electrons. The second-order valence-corrected chi connectivity index (χ2v) is 18.5. The van der Waals surface area contributed by atoms with Crippen molar-refractivity contribution < 1.29 is 0 Å². The van der Waals surface area contributed by atoms with Gasteiger partial charge in [0.1, 0.15) is 0 Å². The fourth-order valence-electron chi connectivity index (χ4n) is 11.6. The first-order valence-electron chi connectivity index (χ1n) is 23.3. The zero-order valence-electron chi connectivity index (χ0n) is 36.5. The Kier molecular flexibility index (Phi) is 7.56. The molecule has 15 rings (SSSR count). The molecule has 0 unspecified atom stereocenters. The fraction of sp³-hybridized carbons (Fsp3) is 0. The molecule has 0 saturated carbocycles. The van der Waals surface area contributed by atoms with Crippen LogP contribution in [0.15, 0.2) is 254 Å². The molecule has 0 aliphatic carbocycles. The minimum atomic E-state index is 1.16. The van der Waals surface area contributed by atoms with Crippen LogP contribution in [0.5, 0.6) is 0 Å². The van der Waals surface area contributed by atoms with Crippen molar-refractivity contribution in [2.45, 2.75) is 0 Å². The molecule has 1 heteroatoms. The Hall–Kier alpha value is -8.78. The molecule has 0 fully saturated rings. The van der Waals surface area contributed by atoms with Crippen molar-refractivity contribution in [1.29, 1.82) is 0 Å². The van der Waals surface area contributed by atoms with E-state index in [0.29, 0.717) is 0 Å². The van der Waals surface area contributed by atoms with Crippen molar-refractivity contribution in [2.24, 2.45) is 0 Å². The third-order valence-electron chi connectivity index (χ3n) is 14.8. The molecule has 3 heterocycles. The number of rotatable bonds is 3. The first-order chi connectivity index (χ1) is 33.1. The van der Waals surface area contributed by atoms with Crippen LogP contribution in [0, 0.1) is 0 Å². The third-order valence-corrected chi connectivity index (χ3v) is 14.8. The first-order valence-corrected chi connectivity index (χ1v) is 23.3. The van der Waals surface area contributed by atoms with Gasteiger partial charge in [0.15, 0.2) is 0 Å². The maximum atomic E-state index is 2.45. The Bertz CT molecular complexity index is 3980. The summed E-state index contributed by atoms with van der Waals surface area (Å²) in [6, 6.07) is 74.5. The summed E-state index contributed by atoms with van der Waals surface area (Å²) >= 11 is 0. The highest BCUT2D eigenvalue weighted by Crippen LogP contribution is 2.46. The van der Waals surface area contributed by atoms with Gasteiger partial charge in [0.05, 0.1) is 0 Å². The maximum absolute atomic E-state index is 2.45. The molecular formula is C66H39N. The average molecular weight is 846 g/mol. The van der Waals surface area contributed by atoms with Gasteiger partial charge in [-0.15, -0.1) is 0 Å². The summed E-state index contributed by atoms with van der Waals surface area (Å²) in [5.74, 6) is 0. The van der Waals surface area contributed by atoms with Crippen LogP contribution in [-0.2, 0) is 0 Å². The Balaban J connectivity index is 0.954. The Labute approximate surface area is 387 Å². The van der Waals surface area contributed by atoms with Gasteiger partial charge in [-0.2, -0.15) is 0 Å². The minimum Gasteiger partial charge on any atom is -0.310 e. The quantitative estimate of drug-likeness (QED) is 0.126. The fourth-order valence-corrected chi connectivity index (χ4v) is 11.6. The van der Waals surface area contributed by atoms with Gasteiger partial charge in [0, 0.05) is 17.1 Å². The van der Waals surface area contributed by atoms with E-state index in [-0.39, 0.29) is 0 Å². The van der Waals surface area contributed by atoms with Gasteiger partial charge in [-0.3, -0.25) is 0 Å². The molecule has 0 atom stereocenters. The first kappa shape index (κ1) is 36.5. The summed E-state index contributed by atoms with van der Waals surface area (Å²) < 4.78 is 0. The highest BCUT2D eigenvalue weighted by atomic mass is 15.2. The topological polar surface area (TPSA) is 3.24 Å². The number of fused-ring (bicyclic) bond motifs is 12. The molecule has 308 valence electrons. The van der Waals surface area contributed by atoms with Gasteiger partial charge in [-0.1, -0.05) is 164 Å². The van der Waals surface area contributed by atoms with E-state index in [1.807, 2.05) is 0 Å². The van der Waals surface area contributed by atoms with E-state index in [1.165, 1.54) is 130 Å². The molecular weight excluding hydrogens is 807 g/mol. The van der Waals surface area contributed by atoms with Crippen LogP contribution in [0.4, 0.5) is 0 Å². The van der Waals surface area contributed by atoms with Crippen molar-refractivity contribution in [3.8, 4) is 0 Å². The highest BCUT2D eigenvalue weighted by Gasteiger charge is 2.29. The molecule has 3 aliphatic rings. The minimum absolute atomic E-state index is 1.16. The lowest BCUT2D eigenvalue weighted by molar-refractivity contribution is 0.567. The SMILES string of the molecule is C1=C(c2cccc3c2ccc2cc4ccccc4cc23)C=C2C=C(c3cccc4c3ccc3cc5ccccc5cc34)C=C3C=C(c4cccc5c4ccc4cc6ccccc6cc45)C=C1N23. The Morgan fingerprint density at radius 2 is 0.493 bits per heavy atom. The van der Waals surface area contributed by atoms with Crippen LogP contribution in [0.3, 0.4) is 0 Å². The highest BCUT2D eigenvalue weighted by molar-refractivity contribution is 6.18. The molecule has 12 aromatic carbocycles. The van der Waals surface area contributed by atoms with Crippen LogP contribution in [0.2, 0.25) is 0 Å². The molecule has 3 aliphatic heterocycles.